The van der Waals surface area contributed by atoms with Crippen molar-refractivity contribution in [1.29, 1.82) is 0 Å². The minimum atomic E-state index is 0.685. The van der Waals surface area contributed by atoms with Gasteiger partial charge in [0.15, 0.2) is 0 Å². The summed E-state index contributed by atoms with van der Waals surface area (Å²) in [6, 6.07) is 0.685. The van der Waals surface area contributed by atoms with Gasteiger partial charge in [-0.2, -0.15) is 0 Å². The third-order valence-corrected chi connectivity index (χ3v) is 2.23. The monoisotopic (exact) mass is 293 g/mol. The summed E-state index contributed by atoms with van der Waals surface area (Å²) in [5, 5.41) is 4.81. The van der Waals surface area contributed by atoms with E-state index in [1.165, 1.54) is 13.5 Å². The van der Waals surface area contributed by atoms with Crippen molar-refractivity contribution in [3.8, 4) is 0 Å². The fraction of sp³-hybridized carbons (Fsp3) is 1.00. The van der Waals surface area contributed by atoms with Crippen molar-refractivity contribution < 1.29 is 4.87 Å². The Bertz CT molecular complexity index is 165. The molecule has 0 aliphatic rings. The summed E-state index contributed by atoms with van der Waals surface area (Å²) in [4.78, 5) is 13.3. The number of hydrazine groups is 1. The molecule has 0 aliphatic heterocycles. The van der Waals surface area contributed by atoms with Gasteiger partial charge in [-0.3, -0.25) is 0 Å². The first-order valence-corrected chi connectivity index (χ1v) is 7.70. The Morgan fingerprint density at radius 1 is 1.05 bits per heavy atom. The predicted molar refractivity (Wildman–Crippen MR) is 92.2 cm³/mol. The van der Waals surface area contributed by atoms with Crippen LogP contribution in [0, 0.1) is 4.91 Å². The molecule has 0 saturated heterocycles. The zero-order valence-corrected chi connectivity index (χ0v) is 15.9. The quantitative estimate of drug-likeness (QED) is 0.625. The highest BCUT2D eigenvalue weighted by Gasteiger charge is 2.06. The lowest BCUT2D eigenvalue weighted by molar-refractivity contribution is -0.684. The lowest BCUT2D eigenvalue weighted by atomic mass is 10.3. The van der Waals surface area contributed by atoms with Crippen LogP contribution >= 0.6 is 0 Å². The highest BCUT2D eigenvalue weighted by atomic mass is 16.3. The molecular formula is C15H41N4O+. The van der Waals surface area contributed by atoms with Crippen LogP contribution in [0.1, 0.15) is 48.0 Å². The smallest absolute Gasteiger partial charge is 0.216 e. The minimum Gasteiger partial charge on any atom is -0.317 e. The van der Waals surface area contributed by atoms with Gasteiger partial charge >= 0.3 is 0 Å². The third-order valence-electron chi connectivity index (χ3n) is 2.23. The molecule has 5 heteroatoms. The first-order chi connectivity index (χ1) is 9.26. The van der Waals surface area contributed by atoms with Crippen molar-refractivity contribution in [2.75, 3.05) is 48.3 Å². The first-order valence-electron chi connectivity index (χ1n) is 7.70. The highest BCUT2D eigenvalue weighted by molar-refractivity contribution is 4.49. The predicted octanol–water partition coefficient (Wildman–Crippen LogP) is 2.86. The van der Waals surface area contributed by atoms with E-state index in [4.69, 9.17) is 0 Å². The molecule has 1 atom stereocenters. The van der Waals surface area contributed by atoms with Gasteiger partial charge in [0.25, 0.3) is 0 Å². The molecule has 0 saturated carbocycles. The Labute approximate surface area is 128 Å². The van der Waals surface area contributed by atoms with E-state index in [2.05, 4.69) is 19.2 Å². The molecule has 0 spiro atoms. The van der Waals surface area contributed by atoms with E-state index >= 15 is 0 Å². The van der Waals surface area contributed by atoms with Crippen molar-refractivity contribution in [2.45, 2.75) is 54.0 Å². The molecule has 20 heavy (non-hydrogen) atoms. The Morgan fingerprint density at radius 2 is 1.35 bits per heavy atom. The van der Waals surface area contributed by atoms with Crippen molar-refractivity contribution >= 4 is 0 Å². The fourth-order valence-electron chi connectivity index (χ4n) is 0.826. The maximum atomic E-state index is 10.4. The number of nitrogens with zero attached hydrogens (tertiary/aromatic N) is 3. The summed E-state index contributed by atoms with van der Waals surface area (Å²) in [5.74, 6) is 0. The van der Waals surface area contributed by atoms with Crippen LogP contribution < -0.4 is 5.32 Å². The standard InChI is InChI=1S/C5H13N2O.C5H13N.C3H9N.C2H6/c1-4-7(5-2)6(3)8;1-4-5(2)6-3;1-4(2)3;1-2/h4-5H2,1-3H3;5-6H,4H2,1-3H3;1-3H3;1-2H3/q+1;;;. The largest absolute Gasteiger partial charge is 0.317 e. The maximum Gasteiger partial charge on any atom is 0.216 e. The maximum absolute atomic E-state index is 10.4. The van der Waals surface area contributed by atoms with E-state index in [1.807, 2.05) is 60.8 Å². The summed E-state index contributed by atoms with van der Waals surface area (Å²) in [5.41, 5.74) is 0. The van der Waals surface area contributed by atoms with Crippen LogP contribution in [-0.4, -0.2) is 69.1 Å². The second kappa shape index (κ2) is 23.4. The van der Waals surface area contributed by atoms with Gasteiger partial charge in [0, 0.05) is 6.04 Å². The molecule has 0 bridgehead atoms. The number of nitrogens with one attached hydrogen (secondary N) is 1. The molecule has 0 aliphatic carbocycles. The van der Waals surface area contributed by atoms with E-state index in [-0.39, 0.29) is 0 Å². The fourth-order valence-corrected chi connectivity index (χ4v) is 0.826. The van der Waals surface area contributed by atoms with E-state index < -0.39 is 0 Å². The molecule has 0 aromatic carbocycles. The van der Waals surface area contributed by atoms with Gasteiger partial charge in [0.05, 0.1) is 18.0 Å². The van der Waals surface area contributed by atoms with Crippen molar-refractivity contribution in [2.24, 2.45) is 0 Å². The first kappa shape index (κ1) is 27.6. The van der Waals surface area contributed by atoms with E-state index in [9.17, 15) is 4.91 Å². The number of nitroso groups, excluding NO2 is 1. The lowest BCUT2D eigenvalue weighted by Gasteiger charge is -2.05. The molecule has 0 rings (SSSR count). The summed E-state index contributed by atoms with van der Waals surface area (Å²) in [6.07, 6.45) is 1.22. The molecule has 0 aromatic heterocycles. The van der Waals surface area contributed by atoms with Crippen molar-refractivity contribution in [1.82, 2.24) is 15.2 Å². The molecule has 1 N–H and O–H groups in total. The van der Waals surface area contributed by atoms with Gasteiger partial charge in [0.2, 0.25) is 7.05 Å². The van der Waals surface area contributed by atoms with E-state index in [1.54, 1.807) is 5.01 Å². The van der Waals surface area contributed by atoms with Crippen LogP contribution in [0.3, 0.4) is 0 Å². The van der Waals surface area contributed by atoms with E-state index in [0.717, 1.165) is 18.0 Å². The van der Waals surface area contributed by atoms with E-state index in [0.29, 0.717) is 6.04 Å². The molecule has 0 heterocycles. The minimum absolute atomic E-state index is 0.685. The highest BCUT2D eigenvalue weighted by Crippen LogP contribution is 1.82. The van der Waals surface area contributed by atoms with Gasteiger partial charge in [-0.25, -0.2) is 0 Å². The molecular weight excluding hydrogens is 252 g/mol. The van der Waals surface area contributed by atoms with Crippen LogP contribution in [-0.2, 0) is 0 Å². The number of hydrogen-bond donors (Lipinski definition) is 1. The molecule has 126 valence electrons. The molecule has 0 fully saturated rings. The normalized spacial score (nSPS) is 10.0. The summed E-state index contributed by atoms with van der Waals surface area (Å²) < 4.78 is 0. The number of rotatable bonds is 5. The summed E-state index contributed by atoms with van der Waals surface area (Å²) in [7, 11) is 9.49. The Morgan fingerprint density at radius 3 is 1.35 bits per heavy atom. The third kappa shape index (κ3) is 36.0. The Hall–Kier alpha value is -0.680. The van der Waals surface area contributed by atoms with Gasteiger partial charge in [-0.15, -0.1) is 5.01 Å². The summed E-state index contributed by atoms with van der Waals surface area (Å²) >= 11 is 0. The molecule has 0 aromatic rings. The second-order valence-electron chi connectivity index (χ2n) is 4.54. The van der Waals surface area contributed by atoms with Crippen LogP contribution in [0.2, 0.25) is 0 Å². The van der Waals surface area contributed by atoms with Gasteiger partial charge in [-0.05, 0) is 55.4 Å². The molecule has 0 amide bonds. The van der Waals surface area contributed by atoms with Crippen LogP contribution in [0.25, 0.3) is 0 Å². The molecule has 1 unspecified atom stereocenters. The number of hydrogen-bond acceptors (Lipinski definition) is 3. The zero-order valence-electron chi connectivity index (χ0n) is 15.9. The second-order valence-corrected chi connectivity index (χ2v) is 4.54. The summed E-state index contributed by atoms with van der Waals surface area (Å²) in [6.45, 7) is 13.8. The van der Waals surface area contributed by atoms with Crippen LogP contribution in [0.15, 0.2) is 0 Å². The molecule has 0 radical (unpaired) electrons. The average Bonchev–Trinajstić information content (AvgIpc) is 2.41. The molecule has 5 nitrogen and oxygen atoms in total. The zero-order chi connectivity index (χ0) is 17.1. The topological polar surface area (TPSA) is 38.6 Å². The van der Waals surface area contributed by atoms with Crippen LogP contribution in [0.5, 0.6) is 0 Å². The van der Waals surface area contributed by atoms with Crippen LogP contribution in [0.4, 0.5) is 0 Å². The Kier molecular flexibility index (Phi) is 32.3. The Balaban J connectivity index is -0.0000000947. The SMILES string of the molecule is CC.CCC(C)NC.CCN(CC)[N+](C)=O.CN(C)C. The van der Waals surface area contributed by atoms with Crippen molar-refractivity contribution in [3.63, 3.8) is 0 Å². The van der Waals surface area contributed by atoms with Gasteiger partial charge < -0.3 is 10.2 Å². The van der Waals surface area contributed by atoms with Crippen molar-refractivity contribution in [3.05, 3.63) is 4.91 Å². The van der Waals surface area contributed by atoms with Gasteiger partial charge in [-0.1, -0.05) is 20.8 Å². The lowest BCUT2D eigenvalue weighted by Crippen LogP contribution is -2.30. The van der Waals surface area contributed by atoms with Gasteiger partial charge in [0.1, 0.15) is 4.87 Å². The average molecular weight is 294 g/mol.